The van der Waals surface area contributed by atoms with Crippen LogP contribution in [0.5, 0.6) is 0 Å². The number of halogens is 1. The summed E-state index contributed by atoms with van der Waals surface area (Å²) in [5.41, 5.74) is 3.20. The summed E-state index contributed by atoms with van der Waals surface area (Å²) in [5, 5.41) is 1.18. The molecule has 24 heavy (non-hydrogen) atoms. The summed E-state index contributed by atoms with van der Waals surface area (Å²) in [6, 6.07) is 6.85. The number of aromatic nitrogens is 3. The van der Waals surface area contributed by atoms with Crippen LogP contribution in [0.25, 0.3) is 21.9 Å². The van der Waals surface area contributed by atoms with Gasteiger partial charge in [-0.3, -0.25) is 4.98 Å². The summed E-state index contributed by atoms with van der Waals surface area (Å²) >= 11 is 3.54. The predicted octanol–water partition coefficient (Wildman–Crippen LogP) is 5.39. The monoisotopic (exact) mass is 387 g/mol. The van der Waals surface area contributed by atoms with Gasteiger partial charge in [-0.1, -0.05) is 29.3 Å². The van der Waals surface area contributed by atoms with Crippen LogP contribution in [0.15, 0.2) is 28.9 Å². The van der Waals surface area contributed by atoms with E-state index in [1.54, 1.807) is 0 Å². The molecule has 0 aliphatic heterocycles. The molecular formula is C19H22BrN3O. The number of pyridine rings is 1. The molecule has 4 nitrogen and oxygen atoms in total. The molecule has 0 N–H and O–H groups in total. The lowest BCUT2D eigenvalue weighted by Gasteiger charge is -2.29. The van der Waals surface area contributed by atoms with Gasteiger partial charge in [-0.25, -0.2) is 4.98 Å². The molecule has 1 saturated carbocycles. The van der Waals surface area contributed by atoms with Crippen molar-refractivity contribution < 1.29 is 4.74 Å². The molecule has 126 valence electrons. The molecule has 2 aromatic heterocycles. The first kappa shape index (κ1) is 16.0. The van der Waals surface area contributed by atoms with Gasteiger partial charge in [0.15, 0.2) is 0 Å². The number of ether oxygens (including phenoxy) is 1. The van der Waals surface area contributed by atoms with E-state index in [0.29, 0.717) is 12.6 Å². The molecule has 0 bridgehead atoms. The second kappa shape index (κ2) is 6.81. The van der Waals surface area contributed by atoms with Gasteiger partial charge in [0.2, 0.25) is 0 Å². The van der Waals surface area contributed by atoms with E-state index in [2.05, 4.69) is 50.6 Å². The largest absolute Gasteiger partial charge is 0.374 e. The maximum atomic E-state index is 5.87. The summed E-state index contributed by atoms with van der Waals surface area (Å²) in [6.07, 6.45) is 7.91. The molecule has 1 aliphatic carbocycles. The molecule has 2 heterocycles. The molecule has 3 aromatic rings. The highest BCUT2D eigenvalue weighted by molar-refractivity contribution is 9.10. The lowest BCUT2D eigenvalue weighted by molar-refractivity contribution is 0.107. The third-order valence-corrected chi connectivity index (χ3v) is 5.36. The lowest BCUT2D eigenvalue weighted by Crippen LogP contribution is -2.20. The average Bonchev–Trinajstić information content (AvgIpc) is 2.88. The molecule has 0 spiro atoms. The Morgan fingerprint density at radius 2 is 2.17 bits per heavy atom. The highest BCUT2D eigenvalue weighted by Gasteiger charge is 2.25. The number of nitrogens with zero attached hydrogens (tertiary/aromatic N) is 3. The van der Waals surface area contributed by atoms with Crippen LogP contribution in [-0.4, -0.2) is 21.1 Å². The van der Waals surface area contributed by atoms with E-state index in [-0.39, 0.29) is 0 Å². The Balaban J connectivity index is 1.81. The smallest absolute Gasteiger partial charge is 0.136 e. The van der Waals surface area contributed by atoms with Gasteiger partial charge in [0, 0.05) is 22.5 Å². The predicted molar refractivity (Wildman–Crippen MR) is 100 cm³/mol. The fourth-order valence-electron chi connectivity index (χ4n) is 3.35. The van der Waals surface area contributed by atoms with Gasteiger partial charge in [0.25, 0.3) is 0 Å². The van der Waals surface area contributed by atoms with Gasteiger partial charge < -0.3 is 9.30 Å². The number of hydrogen-bond acceptors (Lipinski definition) is 3. The summed E-state index contributed by atoms with van der Waals surface area (Å²) in [7, 11) is 0. The Labute approximate surface area is 150 Å². The van der Waals surface area contributed by atoms with Crippen molar-refractivity contribution in [3.05, 3.63) is 34.7 Å². The SMILES string of the molecule is CCCCOCc1nc2cnc3cc(Br)ccc3c2n1C1CCC1. The minimum Gasteiger partial charge on any atom is -0.374 e. The number of hydrogen-bond donors (Lipinski definition) is 0. The van der Waals surface area contributed by atoms with Crippen LogP contribution in [0.1, 0.15) is 50.9 Å². The van der Waals surface area contributed by atoms with Crippen molar-refractivity contribution in [1.82, 2.24) is 14.5 Å². The number of rotatable bonds is 6. The van der Waals surface area contributed by atoms with E-state index in [0.717, 1.165) is 40.8 Å². The van der Waals surface area contributed by atoms with Crippen LogP contribution in [-0.2, 0) is 11.3 Å². The molecule has 0 unspecified atom stereocenters. The van der Waals surface area contributed by atoms with Gasteiger partial charge in [-0.05, 0) is 43.9 Å². The number of benzene rings is 1. The van der Waals surface area contributed by atoms with E-state index in [9.17, 15) is 0 Å². The fraction of sp³-hybridized carbons (Fsp3) is 0.474. The maximum absolute atomic E-state index is 5.87. The molecule has 0 atom stereocenters. The van der Waals surface area contributed by atoms with Gasteiger partial charge in [0.05, 0.1) is 17.2 Å². The van der Waals surface area contributed by atoms with Gasteiger partial charge in [-0.15, -0.1) is 0 Å². The zero-order chi connectivity index (χ0) is 16.5. The molecule has 0 saturated heterocycles. The lowest BCUT2D eigenvalue weighted by atomic mass is 9.92. The first-order valence-electron chi connectivity index (χ1n) is 8.80. The quantitative estimate of drug-likeness (QED) is 0.532. The van der Waals surface area contributed by atoms with Crippen molar-refractivity contribution in [3.63, 3.8) is 0 Å². The van der Waals surface area contributed by atoms with Crippen LogP contribution >= 0.6 is 15.9 Å². The third kappa shape index (κ3) is 2.84. The third-order valence-electron chi connectivity index (χ3n) is 4.87. The Bertz CT molecular complexity index is 870. The first-order chi connectivity index (χ1) is 11.8. The van der Waals surface area contributed by atoms with Crippen LogP contribution in [0, 0.1) is 0 Å². The molecule has 0 radical (unpaired) electrons. The van der Waals surface area contributed by atoms with Crippen molar-refractivity contribution in [3.8, 4) is 0 Å². The van der Waals surface area contributed by atoms with Crippen molar-refractivity contribution in [1.29, 1.82) is 0 Å². The van der Waals surface area contributed by atoms with Gasteiger partial charge in [0.1, 0.15) is 17.9 Å². The number of fused-ring (bicyclic) bond motifs is 3. The van der Waals surface area contributed by atoms with Crippen molar-refractivity contribution in [2.75, 3.05) is 6.61 Å². The Hall–Kier alpha value is -1.46. The maximum Gasteiger partial charge on any atom is 0.136 e. The zero-order valence-electron chi connectivity index (χ0n) is 14.0. The summed E-state index contributed by atoms with van der Waals surface area (Å²) in [6.45, 7) is 3.57. The summed E-state index contributed by atoms with van der Waals surface area (Å²) < 4.78 is 9.34. The highest BCUT2D eigenvalue weighted by Crippen LogP contribution is 2.38. The summed E-state index contributed by atoms with van der Waals surface area (Å²) in [4.78, 5) is 9.44. The first-order valence-corrected chi connectivity index (χ1v) is 9.60. The highest BCUT2D eigenvalue weighted by atomic mass is 79.9. The van der Waals surface area contributed by atoms with Crippen LogP contribution in [0.2, 0.25) is 0 Å². The van der Waals surface area contributed by atoms with Crippen LogP contribution in [0.3, 0.4) is 0 Å². The second-order valence-corrected chi connectivity index (χ2v) is 7.46. The van der Waals surface area contributed by atoms with Crippen molar-refractivity contribution >= 4 is 37.9 Å². The normalized spacial score (nSPS) is 15.2. The van der Waals surface area contributed by atoms with Crippen molar-refractivity contribution in [2.24, 2.45) is 0 Å². The second-order valence-electron chi connectivity index (χ2n) is 6.54. The van der Waals surface area contributed by atoms with Crippen LogP contribution < -0.4 is 0 Å². The molecule has 1 aromatic carbocycles. The zero-order valence-corrected chi connectivity index (χ0v) is 15.6. The average molecular weight is 388 g/mol. The topological polar surface area (TPSA) is 39.9 Å². The molecule has 5 heteroatoms. The Kier molecular flexibility index (Phi) is 4.55. The van der Waals surface area contributed by atoms with E-state index in [1.807, 2.05) is 6.20 Å². The number of unbranched alkanes of at least 4 members (excludes halogenated alkanes) is 1. The fourth-order valence-corrected chi connectivity index (χ4v) is 3.70. The minimum absolute atomic E-state index is 0.550. The standard InChI is InChI=1S/C19H22BrN3O/c1-2-3-9-24-12-18-22-17-11-21-16-10-13(20)7-8-15(16)19(17)23(18)14-5-4-6-14/h7-8,10-11,14H,2-6,9,12H2,1H3. The minimum atomic E-state index is 0.550. The van der Waals surface area contributed by atoms with E-state index in [4.69, 9.17) is 9.72 Å². The van der Waals surface area contributed by atoms with Crippen LogP contribution in [0.4, 0.5) is 0 Å². The number of imidazole rings is 1. The Morgan fingerprint density at radius 1 is 1.29 bits per heavy atom. The Morgan fingerprint density at radius 3 is 2.92 bits per heavy atom. The molecule has 1 fully saturated rings. The van der Waals surface area contributed by atoms with E-state index < -0.39 is 0 Å². The molecular weight excluding hydrogens is 366 g/mol. The van der Waals surface area contributed by atoms with E-state index in [1.165, 1.54) is 30.2 Å². The van der Waals surface area contributed by atoms with E-state index >= 15 is 0 Å². The van der Waals surface area contributed by atoms with Crippen molar-refractivity contribution in [2.45, 2.75) is 51.7 Å². The molecule has 1 aliphatic rings. The molecule has 4 rings (SSSR count). The van der Waals surface area contributed by atoms with Gasteiger partial charge in [-0.2, -0.15) is 0 Å². The molecule has 0 amide bonds. The van der Waals surface area contributed by atoms with Gasteiger partial charge >= 0.3 is 0 Å². The summed E-state index contributed by atoms with van der Waals surface area (Å²) in [5.74, 6) is 1.04.